The van der Waals surface area contributed by atoms with Gasteiger partial charge in [-0.3, -0.25) is 0 Å². The second-order valence-corrected chi connectivity index (χ2v) is 6.50. The van der Waals surface area contributed by atoms with Crippen LogP contribution in [0.15, 0.2) is 41.8 Å². The van der Waals surface area contributed by atoms with Gasteiger partial charge in [0.15, 0.2) is 0 Å². The predicted molar refractivity (Wildman–Crippen MR) is 79.6 cm³/mol. The zero-order valence-electron chi connectivity index (χ0n) is 11.7. The summed E-state index contributed by atoms with van der Waals surface area (Å²) >= 11 is 0. The summed E-state index contributed by atoms with van der Waals surface area (Å²) < 4.78 is 27.3. The molecular weight excluding hydrogens is 258 g/mol. The molecule has 1 aromatic rings. The van der Waals surface area contributed by atoms with Crippen molar-refractivity contribution < 1.29 is 8.42 Å². The van der Waals surface area contributed by atoms with Crippen LogP contribution in [0.3, 0.4) is 0 Å². The summed E-state index contributed by atoms with van der Waals surface area (Å²) in [5.74, 6) is 0. The summed E-state index contributed by atoms with van der Waals surface area (Å²) in [6, 6.07) is 6.90. The lowest BCUT2D eigenvalue weighted by molar-refractivity contribution is 0.501. The molecule has 106 valence electrons. The molecule has 0 saturated carbocycles. The Bertz CT molecular complexity index is 491. The van der Waals surface area contributed by atoms with Crippen molar-refractivity contribution in [2.75, 3.05) is 0 Å². The average molecular weight is 281 g/mol. The van der Waals surface area contributed by atoms with E-state index in [2.05, 4.69) is 18.2 Å². The van der Waals surface area contributed by atoms with Gasteiger partial charge in [-0.05, 0) is 38.3 Å². The highest BCUT2D eigenvalue weighted by molar-refractivity contribution is 7.89. The Morgan fingerprint density at radius 2 is 1.89 bits per heavy atom. The fourth-order valence-electron chi connectivity index (χ4n) is 1.93. The first-order chi connectivity index (χ1) is 8.99. The van der Waals surface area contributed by atoms with Crippen LogP contribution >= 0.6 is 0 Å². The zero-order valence-corrected chi connectivity index (χ0v) is 12.5. The Morgan fingerprint density at radius 3 is 2.42 bits per heavy atom. The Labute approximate surface area is 116 Å². The van der Waals surface area contributed by atoms with Crippen LogP contribution in [0.2, 0.25) is 0 Å². The molecule has 0 fully saturated rings. The fraction of sp³-hybridized carbons (Fsp3) is 0.467. The highest BCUT2D eigenvalue weighted by Gasteiger charge is 2.18. The van der Waals surface area contributed by atoms with E-state index in [1.165, 1.54) is 0 Å². The van der Waals surface area contributed by atoms with Crippen LogP contribution < -0.4 is 4.72 Å². The van der Waals surface area contributed by atoms with Crippen molar-refractivity contribution in [3.8, 4) is 0 Å². The molecule has 0 unspecified atom stereocenters. The van der Waals surface area contributed by atoms with Crippen molar-refractivity contribution in [3.05, 3.63) is 42.5 Å². The van der Waals surface area contributed by atoms with Gasteiger partial charge in [0.25, 0.3) is 0 Å². The minimum atomic E-state index is -3.41. The normalized spacial score (nSPS) is 13.2. The van der Waals surface area contributed by atoms with E-state index < -0.39 is 10.0 Å². The van der Waals surface area contributed by atoms with Gasteiger partial charge in [-0.2, -0.15) is 0 Å². The minimum Gasteiger partial charge on any atom is -0.208 e. The molecule has 0 aliphatic rings. The van der Waals surface area contributed by atoms with Gasteiger partial charge < -0.3 is 0 Å². The maximum absolute atomic E-state index is 12.3. The number of benzene rings is 1. The van der Waals surface area contributed by atoms with Crippen LogP contribution in [0.25, 0.3) is 0 Å². The first kappa shape index (κ1) is 15.9. The van der Waals surface area contributed by atoms with Crippen LogP contribution in [0.1, 0.15) is 38.2 Å². The second kappa shape index (κ2) is 7.46. The van der Waals surface area contributed by atoms with E-state index in [-0.39, 0.29) is 6.04 Å². The molecular formula is C15H23NO2S. The van der Waals surface area contributed by atoms with Crippen LogP contribution in [0.5, 0.6) is 0 Å². The summed E-state index contributed by atoms with van der Waals surface area (Å²) in [6.45, 7) is 7.67. The Kier molecular flexibility index (Phi) is 6.25. The van der Waals surface area contributed by atoms with Crippen LogP contribution in [-0.2, 0) is 10.0 Å². The third-order valence-electron chi connectivity index (χ3n) is 3.01. The van der Waals surface area contributed by atoms with Gasteiger partial charge in [-0.25, -0.2) is 13.1 Å². The topological polar surface area (TPSA) is 46.2 Å². The number of allylic oxidation sites excluding steroid dienone is 1. The lowest BCUT2D eigenvalue weighted by Crippen LogP contribution is -2.34. The zero-order chi connectivity index (χ0) is 14.3. The van der Waals surface area contributed by atoms with E-state index in [0.717, 1.165) is 31.2 Å². The number of sulfonamides is 1. The van der Waals surface area contributed by atoms with E-state index in [1.807, 2.05) is 25.1 Å². The molecule has 0 aromatic heterocycles. The maximum Gasteiger partial charge on any atom is 0.240 e. The van der Waals surface area contributed by atoms with Crippen molar-refractivity contribution in [2.45, 2.75) is 50.5 Å². The van der Waals surface area contributed by atoms with Gasteiger partial charge in [0.05, 0.1) is 4.90 Å². The van der Waals surface area contributed by atoms with E-state index in [9.17, 15) is 8.42 Å². The third-order valence-corrected chi connectivity index (χ3v) is 4.55. The third kappa shape index (κ3) is 5.17. The van der Waals surface area contributed by atoms with E-state index >= 15 is 0 Å². The molecule has 1 atom stereocenters. The molecule has 1 N–H and O–H groups in total. The molecule has 19 heavy (non-hydrogen) atoms. The van der Waals surface area contributed by atoms with E-state index in [0.29, 0.717) is 4.90 Å². The summed E-state index contributed by atoms with van der Waals surface area (Å²) in [5, 5.41) is 0. The lowest BCUT2D eigenvalue weighted by Gasteiger charge is -2.17. The first-order valence-corrected chi connectivity index (χ1v) is 8.17. The van der Waals surface area contributed by atoms with Gasteiger partial charge >= 0.3 is 0 Å². The van der Waals surface area contributed by atoms with Crippen molar-refractivity contribution in [2.24, 2.45) is 0 Å². The fourth-order valence-corrected chi connectivity index (χ4v) is 3.24. The molecule has 0 aliphatic carbocycles. The Balaban J connectivity index is 2.80. The monoisotopic (exact) mass is 281 g/mol. The molecule has 0 aliphatic heterocycles. The average Bonchev–Trinajstić information content (AvgIpc) is 2.36. The number of nitrogens with one attached hydrogen (secondary N) is 1. The molecule has 1 rings (SSSR count). The van der Waals surface area contributed by atoms with Gasteiger partial charge in [-0.1, -0.05) is 37.1 Å². The maximum atomic E-state index is 12.3. The molecule has 0 radical (unpaired) electrons. The highest BCUT2D eigenvalue weighted by atomic mass is 32.2. The van der Waals surface area contributed by atoms with Gasteiger partial charge in [-0.15, -0.1) is 6.58 Å². The molecule has 0 amide bonds. The molecule has 4 heteroatoms. The second-order valence-electron chi connectivity index (χ2n) is 4.79. The van der Waals surface area contributed by atoms with Gasteiger partial charge in [0.1, 0.15) is 0 Å². The summed E-state index contributed by atoms with van der Waals surface area (Å²) in [5.41, 5.74) is 1.05. The van der Waals surface area contributed by atoms with Crippen LogP contribution in [0.4, 0.5) is 0 Å². The first-order valence-electron chi connectivity index (χ1n) is 6.69. The minimum absolute atomic E-state index is 0.0192. The predicted octanol–water partition coefficient (Wildman–Crippen LogP) is 3.41. The van der Waals surface area contributed by atoms with Crippen molar-refractivity contribution in [1.82, 2.24) is 4.72 Å². The molecule has 0 saturated heterocycles. The standard InChI is InChI=1S/C15H23NO2S/c1-4-6-8-14(7-5-2)16-19(17,18)15-11-9-13(3)10-12-15/h4,9-12,14,16H,1,5-8H2,2-3H3/t14-/m1/s1. The Morgan fingerprint density at radius 1 is 1.26 bits per heavy atom. The largest absolute Gasteiger partial charge is 0.240 e. The van der Waals surface area contributed by atoms with Crippen molar-refractivity contribution in [1.29, 1.82) is 0 Å². The highest BCUT2D eigenvalue weighted by Crippen LogP contribution is 2.13. The molecule has 1 aromatic carbocycles. The quantitative estimate of drug-likeness (QED) is 0.742. The number of aryl methyl sites for hydroxylation is 1. The summed E-state index contributed by atoms with van der Waals surface area (Å²) in [6.07, 6.45) is 5.24. The number of rotatable bonds is 8. The van der Waals surface area contributed by atoms with E-state index in [4.69, 9.17) is 0 Å². The van der Waals surface area contributed by atoms with Gasteiger partial charge in [0.2, 0.25) is 10.0 Å². The lowest BCUT2D eigenvalue weighted by atomic mass is 10.1. The summed E-state index contributed by atoms with van der Waals surface area (Å²) in [4.78, 5) is 0.331. The van der Waals surface area contributed by atoms with Gasteiger partial charge in [0, 0.05) is 6.04 Å². The molecule has 0 heterocycles. The SMILES string of the molecule is C=CCC[C@@H](CCC)NS(=O)(=O)c1ccc(C)cc1. The summed E-state index contributed by atoms with van der Waals surface area (Å²) in [7, 11) is -3.41. The molecule has 0 bridgehead atoms. The van der Waals surface area contributed by atoms with Crippen LogP contribution in [0, 0.1) is 6.92 Å². The number of hydrogen-bond donors (Lipinski definition) is 1. The van der Waals surface area contributed by atoms with E-state index in [1.54, 1.807) is 12.1 Å². The van der Waals surface area contributed by atoms with Crippen LogP contribution in [-0.4, -0.2) is 14.5 Å². The van der Waals surface area contributed by atoms with Crippen molar-refractivity contribution >= 4 is 10.0 Å². The number of hydrogen-bond acceptors (Lipinski definition) is 2. The van der Waals surface area contributed by atoms with Crippen molar-refractivity contribution in [3.63, 3.8) is 0 Å². The molecule has 3 nitrogen and oxygen atoms in total. The smallest absolute Gasteiger partial charge is 0.208 e. The Hall–Kier alpha value is -1.13. The molecule has 0 spiro atoms.